The van der Waals surface area contributed by atoms with Crippen LogP contribution >= 0.6 is 11.6 Å². The van der Waals surface area contributed by atoms with Gasteiger partial charge in [0.05, 0.1) is 18.3 Å². The van der Waals surface area contributed by atoms with E-state index in [1.807, 2.05) is 86.6 Å². The van der Waals surface area contributed by atoms with E-state index in [1.165, 1.54) is 6.20 Å². The Kier molecular flexibility index (Phi) is 7.10. The van der Waals surface area contributed by atoms with Gasteiger partial charge in [0.15, 0.2) is 5.76 Å². The number of benzene rings is 3. The van der Waals surface area contributed by atoms with Crippen LogP contribution in [0.5, 0.6) is 5.75 Å². The maximum atomic E-state index is 13.4. The molecule has 1 aromatic heterocycles. The number of carbonyl (C=O) groups is 1. The molecule has 6 heteroatoms. The molecule has 0 saturated carbocycles. The Morgan fingerprint density at radius 1 is 1.03 bits per heavy atom. The summed E-state index contributed by atoms with van der Waals surface area (Å²) in [6, 6.07) is 24.5. The first-order valence-corrected chi connectivity index (χ1v) is 11.2. The second kappa shape index (κ2) is 10.4. The van der Waals surface area contributed by atoms with Crippen LogP contribution in [0.15, 0.2) is 89.6 Å². The monoisotopic (exact) mass is 460 g/mol. The van der Waals surface area contributed by atoms with E-state index < -0.39 is 6.04 Å². The smallest absolute Gasteiger partial charge is 0.257 e. The van der Waals surface area contributed by atoms with Gasteiger partial charge in [-0.15, -0.1) is 0 Å². The summed E-state index contributed by atoms with van der Waals surface area (Å²) in [7, 11) is 0. The zero-order valence-electron chi connectivity index (χ0n) is 18.5. The van der Waals surface area contributed by atoms with Crippen LogP contribution in [0.25, 0.3) is 0 Å². The van der Waals surface area contributed by atoms with Crippen molar-refractivity contribution in [1.82, 2.24) is 10.5 Å². The van der Waals surface area contributed by atoms with Crippen LogP contribution in [0.1, 0.15) is 52.7 Å². The van der Waals surface area contributed by atoms with E-state index >= 15 is 0 Å². The van der Waals surface area contributed by atoms with E-state index in [0.29, 0.717) is 28.5 Å². The SMILES string of the molecule is CC(C)Oc1ccccc1C(NC(=O)c1cnoc1Cc1ccccc1)c1cccc(Cl)c1. The molecule has 5 nitrogen and oxygen atoms in total. The molecule has 0 fully saturated rings. The number of halogens is 1. The van der Waals surface area contributed by atoms with Gasteiger partial charge < -0.3 is 14.6 Å². The molecule has 0 saturated heterocycles. The van der Waals surface area contributed by atoms with Crippen LogP contribution in [0.3, 0.4) is 0 Å². The van der Waals surface area contributed by atoms with Crippen LogP contribution < -0.4 is 10.1 Å². The van der Waals surface area contributed by atoms with Gasteiger partial charge in [-0.05, 0) is 43.2 Å². The fraction of sp³-hybridized carbons (Fsp3) is 0.185. The van der Waals surface area contributed by atoms with Gasteiger partial charge in [-0.1, -0.05) is 77.4 Å². The Hall–Kier alpha value is -3.57. The third-order valence-electron chi connectivity index (χ3n) is 5.15. The lowest BCUT2D eigenvalue weighted by Crippen LogP contribution is -2.30. The largest absolute Gasteiger partial charge is 0.491 e. The van der Waals surface area contributed by atoms with Crippen LogP contribution in [-0.4, -0.2) is 17.2 Å². The maximum absolute atomic E-state index is 13.4. The molecule has 168 valence electrons. The molecule has 1 atom stereocenters. The lowest BCUT2D eigenvalue weighted by atomic mass is 9.97. The van der Waals surface area contributed by atoms with Crippen molar-refractivity contribution in [2.75, 3.05) is 0 Å². The lowest BCUT2D eigenvalue weighted by Gasteiger charge is -2.23. The van der Waals surface area contributed by atoms with Gasteiger partial charge in [-0.25, -0.2) is 0 Å². The van der Waals surface area contributed by atoms with Gasteiger partial charge in [0, 0.05) is 17.0 Å². The predicted molar refractivity (Wildman–Crippen MR) is 129 cm³/mol. The van der Waals surface area contributed by atoms with Gasteiger partial charge in [-0.2, -0.15) is 0 Å². The molecule has 4 rings (SSSR count). The summed E-state index contributed by atoms with van der Waals surface area (Å²) in [5, 5.41) is 7.61. The summed E-state index contributed by atoms with van der Waals surface area (Å²) in [5.74, 6) is 0.925. The fourth-order valence-electron chi connectivity index (χ4n) is 3.67. The zero-order valence-corrected chi connectivity index (χ0v) is 19.3. The van der Waals surface area contributed by atoms with Crippen molar-refractivity contribution in [3.63, 3.8) is 0 Å². The highest BCUT2D eigenvalue weighted by Crippen LogP contribution is 2.32. The summed E-state index contributed by atoms with van der Waals surface area (Å²) in [4.78, 5) is 13.4. The highest BCUT2D eigenvalue weighted by molar-refractivity contribution is 6.30. The second-order valence-corrected chi connectivity index (χ2v) is 8.43. The van der Waals surface area contributed by atoms with E-state index in [9.17, 15) is 4.79 Å². The first kappa shape index (κ1) is 22.6. The Morgan fingerprint density at radius 2 is 1.79 bits per heavy atom. The molecule has 0 spiro atoms. The number of rotatable bonds is 8. The van der Waals surface area contributed by atoms with Crippen molar-refractivity contribution < 1.29 is 14.1 Å². The second-order valence-electron chi connectivity index (χ2n) is 7.99. The summed E-state index contributed by atoms with van der Waals surface area (Å²) in [6.45, 7) is 3.94. The Morgan fingerprint density at radius 3 is 2.55 bits per heavy atom. The molecule has 1 heterocycles. The van der Waals surface area contributed by atoms with Gasteiger partial charge in [0.1, 0.15) is 11.3 Å². The number of para-hydroxylation sites is 1. The highest BCUT2D eigenvalue weighted by atomic mass is 35.5. The number of hydrogen-bond acceptors (Lipinski definition) is 4. The van der Waals surface area contributed by atoms with Gasteiger partial charge in [-0.3, -0.25) is 4.79 Å². The average Bonchev–Trinajstić information content (AvgIpc) is 3.26. The molecule has 1 amide bonds. The van der Waals surface area contributed by atoms with Gasteiger partial charge in [0.2, 0.25) is 0 Å². The van der Waals surface area contributed by atoms with Crippen molar-refractivity contribution in [3.8, 4) is 5.75 Å². The number of aromatic nitrogens is 1. The molecule has 0 bridgehead atoms. The molecule has 33 heavy (non-hydrogen) atoms. The van der Waals surface area contributed by atoms with Gasteiger partial charge in [0.25, 0.3) is 5.91 Å². The summed E-state index contributed by atoms with van der Waals surface area (Å²) in [6.07, 6.45) is 1.91. The molecule has 1 unspecified atom stereocenters. The molecule has 4 aromatic rings. The van der Waals surface area contributed by atoms with Crippen LogP contribution in [-0.2, 0) is 6.42 Å². The topological polar surface area (TPSA) is 64.4 Å². The molecule has 0 aliphatic heterocycles. The number of carbonyl (C=O) groups excluding carboxylic acids is 1. The Balaban J connectivity index is 1.68. The van der Waals surface area contributed by atoms with Crippen LogP contribution in [0.2, 0.25) is 5.02 Å². The van der Waals surface area contributed by atoms with Crippen molar-refractivity contribution in [3.05, 3.63) is 118 Å². The Bertz CT molecular complexity index is 1220. The van der Waals surface area contributed by atoms with Crippen molar-refractivity contribution >= 4 is 17.5 Å². The first-order chi connectivity index (χ1) is 16.0. The molecule has 3 aromatic carbocycles. The van der Waals surface area contributed by atoms with Crippen LogP contribution in [0, 0.1) is 0 Å². The standard InChI is InChI=1S/C27H25ClN2O3/c1-18(2)32-24-14-7-6-13-22(24)26(20-11-8-12-21(28)16-20)30-27(31)23-17-29-33-25(23)15-19-9-4-3-5-10-19/h3-14,16-18,26H,15H2,1-2H3,(H,30,31). The lowest BCUT2D eigenvalue weighted by molar-refractivity contribution is 0.0940. The molecule has 0 aliphatic rings. The Labute approximate surface area is 198 Å². The molecule has 0 radical (unpaired) electrons. The van der Waals surface area contributed by atoms with E-state index in [1.54, 1.807) is 6.07 Å². The average molecular weight is 461 g/mol. The molecule has 0 aliphatic carbocycles. The molecular weight excluding hydrogens is 436 g/mol. The van der Waals surface area contributed by atoms with Gasteiger partial charge >= 0.3 is 0 Å². The third-order valence-corrected chi connectivity index (χ3v) is 5.38. The van der Waals surface area contributed by atoms with Crippen molar-refractivity contribution in [2.45, 2.75) is 32.4 Å². The fourth-order valence-corrected chi connectivity index (χ4v) is 3.87. The highest BCUT2D eigenvalue weighted by Gasteiger charge is 2.25. The third kappa shape index (κ3) is 5.62. The molecular formula is C27H25ClN2O3. The minimum atomic E-state index is -0.481. The zero-order chi connectivity index (χ0) is 23.2. The van der Waals surface area contributed by atoms with E-state index in [2.05, 4.69) is 10.5 Å². The number of ether oxygens (including phenoxy) is 1. The number of amides is 1. The van der Waals surface area contributed by atoms with E-state index in [4.69, 9.17) is 20.9 Å². The van der Waals surface area contributed by atoms with Crippen LogP contribution in [0.4, 0.5) is 0 Å². The van der Waals surface area contributed by atoms with E-state index in [0.717, 1.165) is 16.7 Å². The normalized spacial score (nSPS) is 11.9. The maximum Gasteiger partial charge on any atom is 0.257 e. The number of nitrogens with one attached hydrogen (secondary N) is 1. The van der Waals surface area contributed by atoms with E-state index in [-0.39, 0.29) is 12.0 Å². The molecule has 1 N–H and O–H groups in total. The number of nitrogens with zero attached hydrogens (tertiary/aromatic N) is 1. The summed E-state index contributed by atoms with van der Waals surface area (Å²) < 4.78 is 11.5. The van der Waals surface area contributed by atoms with Crippen molar-refractivity contribution in [2.24, 2.45) is 0 Å². The summed E-state index contributed by atoms with van der Waals surface area (Å²) >= 11 is 6.28. The number of hydrogen-bond donors (Lipinski definition) is 1. The summed E-state index contributed by atoms with van der Waals surface area (Å²) in [5.41, 5.74) is 3.11. The minimum Gasteiger partial charge on any atom is -0.491 e. The quantitative estimate of drug-likeness (QED) is 0.338. The first-order valence-electron chi connectivity index (χ1n) is 10.8. The minimum absolute atomic E-state index is 0.0163. The van der Waals surface area contributed by atoms with Crippen molar-refractivity contribution in [1.29, 1.82) is 0 Å². The predicted octanol–water partition coefficient (Wildman–Crippen LogP) is 6.23.